The van der Waals surface area contributed by atoms with Crippen molar-refractivity contribution in [1.29, 1.82) is 0 Å². The summed E-state index contributed by atoms with van der Waals surface area (Å²) >= 11 is 0. The van der Waals surface area contributed by atoms with Crippen LogP contribution in [0.5, 0.6) is 0 Å². The standard InChI is InChI=1S/C26H34N8O3S/c1-4-38(36,37)33-19-9-16(10-19)11-27-24-26(35)34(15(3)17-5-6-17)25-20(31-24)12-28-23(32-25)21-14(2)29-13-30-22(21)18-7-8-18/h12-13,15-19,33H,4-11H2,1-3H3,(H,27,31). The summed E-state index contributed by atoms with van der Waals surface area (Å²) in [5, 5.41) is 3.25. The molecule has 3 aromatic rings. The zero-order valence-electron chi connectivity index (χ0n) is 22.0. The van der Waals surface area contributed by atoms with E-state index >= 15 is 0 Å². The highest BCUT2D eigenvalue weighted by atomic mass is 32.2. The molecule has 11 nitrogen and oxygen atoms in total. The first kappa shape index (κ1) is 25.3. The Morgan fingerprint density at radius 2 is 1.87 bits per heavy atom. The lowest BCUT2D eigenvalue weighted by Crippen LogP contribution is -2.46. The van der Waals surface area contributed by atoms with E-state index in [9.17, 15) is 13.2 Å². The van der Waals surface area contributed by atoms with Crippen LogP contribution in [0.25, 0.3) is 22.6 Å². The molecule has 0 aromatic carbocycles. The Labute approximate surface area is 222 Å². The van der Waals surface area contributed by atoms with Crippen LogP contribution in [0.15, 0.2) is 17.3 Å². The van der Waals surface area contributed by atoms with Crippen molar-refractivity contribution in [2.75, 3.05) is 17.6 Å². The minimum Gasteiger partial charge on any atom is -0.365 e. The van der Waals surface area contributed by atoms with E-state index in [0.717, 1.165) is 55.5 Å². The minimum atomic E-state index is -3.21. The summed E-state index contributed by atoms with van der Waals surface area (Å²) in [6, 6.07) is -0.0514. The van der Waals surface area contributed by atoms with Crippen molar-refractivity contribution in [3.63, 3.8) is 0 Å². The second-order valence-corrected chi connectivity index (χ2v) is 13.1. The van der Waals surface area contributed by atoms with E-state index in [0.29, 0.717) is 35.4 Å². The van der Waals surface area contributed by atoms with Gasteiger partial charge in [0.25, 0.3) is 5.56 Å². The predicted molar refractivity (Wildman–Crippen MR) is 144 cm³/mol. The number of hydrogen-bond acceptors (Lipinski definition) is 9. The van der Waals surface area contributed by atoms with Gasteiger partial charge in [-0.3, -0.25) is 9.36 Å². The van der Waals surface area contributed by atoms with Crippen LogP contribution in [-0.2, 0) is 10.0 Å². The highest BCUT2D eigenvalue weighted by Crippen LogP contribution is 2.43. The molecular formula is C26H34N8O3S. The summed E-state index contributed by atoms with van der Waals surface area (Å²) in [4.78, 5) is 36.9. The maximum Gasteiger partial charge on any atom is 0.295 e. The molecule has 0 saturated heterocycles. The summed E-state index contributed by atoms with van der Waals surface area (Å²) in [7, 11) is -3.21. The van der Waals surface area contributed by atoms with E-state index in [4.69, 9.17) is 4.98 Å². The average molecular weight is 539 g/mol. The van der Waals surface area contributed by atoms with Gasteiger partial charge in [-0.1, -0.05) is 0 Å². The minimum absolute atomic E-state index is 0.0103. The molecule has 3 heterocycles. The number of sulfonamides is 1. The van der Waals surface area contributed by atoms with E-state index in [1.54, 1.807) is 24.0 Å². The number of aromatic nitrogens is 6. The second kappa shape index (κ2) is 9.64. The van der Waals surface area contributed by atoms with E-state index in [1.165, 1.54) is 0 Å². The molecule has 0 spiro atoms. The predicted octanol–water partition coefficient (Wildman–Crippen LogP) is 2.93. The number of nitrogens with zero attached hydrogens (tertiary/aromatic N) is 6. The van der Waals surface area contributed by atoms with Crippen molar-refractivity contribution in [3.8, 4) is 11.4 Å². The number of anilines is 1. The van der Waals surface area contributed by atoms with Crippen molar-refractivity contribution >= 4 is 27.0 Å². The Morgan fingerprint density at radius 3 is 2.55 bits per heavy atom. The lowest BCUT2D eigenvalue weighted by molar-refractivity contribution is 0.261. The van der Waals surface area contributed by atoms with Crippen LogP contribution in [-0.4, -0.2) is 56.2 Å². The quantitative estimate of drug-likeness (QED) is 0.398. The van der Waals surface area contributed by atoms with Gasteiger partial charge in [0.1, 0.15) is 11.8 Å². The first-order valence-corrected chi connectivity index (χ1v) is 15.2. The number of fused-ring (bicyclic) bond motifs is 1. The van der Waals surface area contributed by atoms with Gasteiger partial charge >= 0.3 is 0 Å². The lowest BCUT2D eigenvalue weighted by Gasteiger charge is -2.35. The Kier molecular flexibility index (Phi) is 6.42. The van der Waals surface area contributed by atoms with Gasteiger partial charge in [0.2, 0.25) is 10.0 Å². The first-order chi connectivity index (χ1) is 18.2. The summed E-state index contributed by atoms with van der Waals surface area (Å²) in [6.07, 6.45) is 9.15. The fraction of sp³-hybridized carbons (Fsp3) is 0.615. The molecule has 0 aliphatic heterocycles. The molecule has 3 aliphatic rings. The van der Waals surface area contributed by atoms with Crippen LogP contribution in [0.4, 0.5) is 5.82 Å². The van der Waals surface area contributed by atoms with Crippen LogP contribution in [0, 0.1) is 18.8 Å². The van der Waals surface area contributed by atoms with Gasteiger partial charge in [-0.15, -0.1) is 0 Å². The van der Waals surface area contributed by atoms with Crippen LogP contribution >= 0.6 is 0 Å². The summed E-state index contributed by atoms with van der Waals surface area (Å²) in [6.45, 7) is 6.21. The maximum absolute atomic E-state index is 13.7. The Balaban J connectivity index is 1.30. The second-order valence-electron chi connectivity index (χ2n) is 11.0. The molecular weight excluding hydrogens is 504 g/mol. The Morgan fingerprint density at radius 1 is 1.11 bits per heavy atom. The molecule has 0 bridgehead atoms. The van der Waals surface area contributed by atoms with E-state index in [-0.39, 0.29) is 35.1 Å². The van der Waals surface area contributed by atoms with Gasteiger partial charge in [-0.25, -0.2) is 38.1 Å². The number of rotatable bonds is 10. The molecule has 1 unspecified atom stereocenters. The fourth-order valence-corrected chi connectivity index (χ4v) is 6.28. The molecule has 3 saturated carbocycles. The Bertz CT molecular complexity index is 1540. The molecule has 202 valence electrons. The third-order valence-electron chi connectivity index (χ3n) is 8.12. The van der Waals surface area contributed by atoms with Crippen molar-refractivity contribution in [2.45, 2.75) is 77.3 Å². The van der Waals surface area contributed by atoms with Crippen LogP contribution < -0.4 is 15.6 Å². The van der Waals surface area contributed by atoms with Gasteiger partial charge < -0.3 is 5.32 Å². The zero-order chi connectivity index (χ0) is 26.6. The van der Waals surface area contributed by atoms with Crippen molar-refractivity contribution in [2.24, 2.45) is 11.8 Å². The van der Waals surface area contributed by atoms with Gasteiger partial charge in [-0.05, 0) is 71.1 Å². The first-order valence-electron chi connectivity index (χ1n) is 13.6. The summed E-state index contributed by atoms with van der Waals surface area (Å²) < 4.78 is 28.1. The fourth-order valence-electron chi connectivity index (χ4n) is 5.42. The molecule has 6 rings (SSSR count). The summed E-state index contributed by atoms with van der Waals surface area (Å²) in [5.74, 6) is 2.02. The number of aryl methyl sites for hydroxylation is 1. The highest BCUT2D eigenvalue weighted by Gasteiger charge is 2.34. The van der Waals surface area contributed by atoms with E-state index < -0.39 is 10.0 Å². The lowest BCUT2D eigenvalue weighted by atomic mass is 9.81. The molecule has 2 N–H and O–H groups in total. The molecule has 38 heavy (non-hydrogen) atoms. The molecule has 0 radical (unpaired) electrons. The van der Waals surface area contributed by atoms with Gasteiger partial charge in [0, 0.05) is 24.5 Å². The SMILES string of the molecule is CCS(=O)(=O)NC1CC(CNc2nc3cnc(-c4c(C)ncnc4C4CC4)nc3n(C(C)C3CC3)c2=O)C1. The summed E-state index contributed by atoms with van der Waals surface area (Å²) in [5.41, 5.74) is 3.58. The topological polar surface area (TPSA) is 145 Å². The van der Waals surface area contributed by atoms with Crippen LogP contribution in [0.2, 0.25) is 0 Å². The smallest absolute Gasteiger partial charge is 0.295 e. The maximum atomic E-state index is 13.7. The van der Waals surface area contributed by atoms with Crippen molar-refractivity contribution < 1.29 is 8.42 Å². The third-order valence-corrected chi connectivity index (χ3v) is 9.57. The molecule has 0 amide bonds. The number of nitrogens with one attached hydrogen (secondary N) is 2. The van der Waals surface area contributed by atoms with E-state index in [2.05, 4.69) is 36.9 Å². The molecule has 3 fully saturated rings. The van der Waals surface area contributed by atoms with E-state index in [1.807, 2.05) is 6.92 Å². The molecule has 3 aromatic heterocycles. The largest absolute Gasteiger partial charge is 0.365 e. The van der Waals surface area contributed by atoms with Crippen molar-refractivity contribution in [3.05, 3.63) is 34.3 Å². The van der Waals surface area contributed by atoms with Crippen LogP contribution in [0.3, 0.4) is 0 Å². The Hall–Kier alpha value is -2.99. The molecule has 1 atom stereocenters. The van der Waals surface area contributed by atoms with Crippen LogP contribution in [0.1, 0.15) is 75.7 Å². The monoisotopic (exact) mass is 538 g/mol. The third kappa shape index (κ3) is 4.91. The zero-order valence-corrected chi connectivity index (χ0v) is 22.8. The van der Waals surface area contributed by atoms with Gasteiger partial charge in [0.05, 0.1) is 28.9 Å². The average Bonchev–Trinajstić information content (AvgIpc) is 3.78. The van der Waals surface area contributed by atoms with Crippen molar-refractivity contribution in [1.82, 2.24) is 34.2 Å². The highest BCUT2D eigenvalue weighted by molar-refractivity contribution is 7.89. The molecule has 12 heteroatoms. The van der Waals surface area contributed by atoms with Gasteiger partial charge in [-0.2, -0.15) is 0 Å². The molecule has 3 aliphatic carbocycles. The van der Waals surface area contributed by atoms with Gasteiger partial charge in [0.15, 0.2) is 17.3 Å². The normalized spacial score (nSPS) is 22.3. The number of hydrogen-bond donors (Lipinski definition) is 2.